The van der Waals surface area contributed by atoms with Crippen molar-refractivity contribution in [3.05, 3.63) is 18.3 Å². The third kappa shape index (κ3) is 4.15. The summed E-state index contributed by atoms with van der Waals surface area (Å²) < 4.78 is 27.1. The number of nitrogens with two attached hydrogens (primary N) is 1. The molecule has 0 aliphatic heterocycles. The van der Waals surface area contributed by atoms with Gasteiger partial charge in [-0.2, -0.15) is 0 Å². The van der Waals surface area contributed by atoms with Crippen LogP contribution in [0.5, 0.6) is 0 Å². The number of nitrogens with one attached hydrogen (secondary N) is 1. The molecule has 0 aliphatic carbocycles. The van der Waals surface area contributed by atoms with Crippen molar-refractivity contribution in [2.24, 2.45) is 5.41 Å². The molecule has 0 bridgehead atoms. The van der Waals surface area contributed by atoms with Crippen LogP contribution in [-0.4, -0.2) is 31.2 Å². The Hall–Kier alpha value is -1.18. The number of anilines is 1. The number of aliphatic hydroxyl groups is 1. The van der Waals surface area contributed by atoms with E-state index in [4.69, 9.17) is 10.8 Å². The molecule has 19 heavy (non-hydrogen) atoms. The summed E-state index contributed by atoms with van der Waals surface area (Å²) in [5, 5.41) is 9.05. The van der Waals surface area contributed by atoms with Gasteiger partial charge in [0.2, 0.25) is 10.0 Å². The van der Waals surface area contributed by atoms with Crippen LogP contribution in [0.15, 0.2) is 23.2 Å². The van der Waals surface area contributed by atoms with Crippen molar-refractivity contribution in [2.45, 2.75) is 38.1 Å². The van der Waals surface area contributed by atoms with Gasteiger partial charge in [-0.3, -0.25) is 0 Å². The smallest absolute Gasteiger partial charge is 0.244 e. The molecular formula is C12H21N3O3S. The molecule has 108 valence electrons. The molecule has 1 rings (SSSR count). The molecule has 0 fully saturated rings. The standard InChI is InChI=1S/C12H21N3O3S/c1-12(2,3)10(6-8-16)15-19(17,18)9-5-4-7-14-11(9)13/h4-5,7,10,15-16H,6,8H2,1-3H3,(H2,13,14). The van der Waals surface area contributed by atoms with Crippen LogP contribution in [-0.2, 0) is 10.0 Å². The minimum atomic E-state index is -3.74. The predicted molar refractivity (Wildman–Crippen MR) is 73.9 cm³/mol. The second-order valence-electron chi connectivity index (χ2n) is 5.44. The van der Waals surface area contributed by atoms with Crippen LogP contribution in [0.25, 0.3) is 0 Å². The van der Waals surface area contributed by atoms with Gasteiger partial charge in [-0.15, -0.1) is 0 Å². The molecule has 0 radical (unpaired) electrons. The number of nitrogen functional groups attached to an aromatic ring is 1. The fourth-order valence-electron chi connectivity index (χ4n) is 1.68. The molecule has 0 saturated carbocycles. The second kappa shape index (κ2) is 5.85. The summed E-state index contributed by atoms with van der Waals surface area (Å²) in [5.74, 6) is -0.0355. The fourth-order valence-corrected chi connectivity index (χ4v) is 3.24. The zero-order valence-electron chi connectivity index (χ0n) is 11.4. The monoisotopic (exact) mass is 287 g/mol. The maximum Gasteiger partial charge on any atom is 0.244 e. The number of aromatic nitrogens is 1. The Balaban J connectivity index is 3.05. The van der Waals surface area contributed by atoms with E-state index in [-0.39, 0.29) is 28.8 Å². The summed E-state index contributed by atoms with van der Waals surface area (Å²) in [5.41, 5.74) is 5.27. The molecule has 6 nitrogen and oxygen atoms in total. The van der Waals surface area contributed by atoms with Gasteiger partial charge in [0.15, 0.2) is 0 Å². The first-order valence-electron chi connectivity index (χ1n) is 6.02. The van der Waals surface area contributed by atoms with Crippen molar-refractivity contribution in [1.29, 1.82) is 0 Å². The molecule has 1 heterocycles. The van der Waals surface area contributed by atoms with Crippen LogP contribution < -0.4 is 10.5 Å². The predicted octanol–water partition coefficient (Wildman–Crippen LogP) is 0.739. The average molecular weight is 287 g/mol. The second-order valence-corrected chi connectivity index (χ2v) is 7.12. The highest BCUT2D eigenvalue weighted by molar-refractivity contribution is 7.89. The number of nitrogens with zero attached hydrogens (tertiary/aromatic N) is 1. The lowest BCUT2D eigenvalue weighted by Crippen LogP contribution is -2.44. The van der Waals surface area contributed by atoms with Crippen molar-refractivity contribution in [3.63, 3.8) is 0 Å². The van der Waals surface area contributed by atoms with E-state index in [2.05, 4.69) is 9.71 Å². The normalized spacial score (nSPS) is 14.3. The van der Waals surface area contributed by atoms with Gasteiger partial charge in [0, 0.05) is 18.8 Å². The van der Waals surface area contributed by atoms with E-state index in [1.807, 2.05) is 20.8 Å². The van der Waals surface area contributed by atoms with Gasteiger partial charge in [-0.1, -0.05) is 20.8 Å². The van der Waals surface area contributed by atoms with Crippen LogP contribution in [0.2, 0.25) is 0 Å². The molecule has 1 unspecified atom stereocenters. The molecule has 7 heteroatoms. The molecule has 1 aromatic heterocycles. The summed E-state index contributed by atoms with van der Waals surface area (Å²) in [6.07, 6.45) is 1.77. The zero-order chi connectivity index (χ0) is 14.7. The maximum absolute atomic E-state index is 12.3. The highest BCUT2D eigenvalue weighted by atomic mass is 32.2. The van der Waals surface area contributed by atoms with Crippen molar-refractivity contribution in [1.82, 2.24) is 9.71 Å². The molecule has 1 aromatic rings. The number of aliphatic hydroxyl groups excluding tert-OH is 1. The molecule has 0 amide bonds. The largest absolute Gasteiger partial charge is 0.396 e. The molecule has 0 aliphatic rings. The van der Waals surface area contributed by atoms with Gasteiger partial charge in [0.05, 0.1) is 0 Å². The van der Waals surface area contributed by atoms with Crippen LogP contribution in [0.4, 0.5) is 5.82 Å². The summed E-state index contributed by atoms with van der Waals surface area (Å²) in [7, 11) is -3.74. The molecule has 0 spiro atoms. The lowest BCUT2D eigenvalue weighted by atomic mass is 9.86. The van der Waals surface area contributed by atoms with Gasteiger partial charge < -0.3 is 10.8 Å². The molecule has 0 saturated heterocycles. The van der Waals surface area contributed by atoms with E-state index < -0.39 is 10.0 Å². The Bertz CT molecular complexity index is 523. The van der Waals surface area contributed by atoms with Gasteiger partial charge in [0.25, 0.3) is 0 Å². The zero-order valence-corrected chi connectivity index (χ0v) is 12.2. The fraction of sp³-hybridized carbons (Fsp3) is 0.583. The van der Waals surface area contributed by atoms with Crippen LogP contribution in [0, 0.1) is 5.41 Å². The van der Waals surface area contributed by atoms with Crippen molar-refractivity contribution in [3.8, 4) is 0 Å². The van der Waals surface area contributed by atoms with Crippen molar-refractivity contribution < 1.29 is 13.5 Å². The summed E-state index contributed by atoms with van der Waals surface area (Å²) in [4.78, 5) is 3.73. The van der Waals surface area contributed by atoms with E-state index in [1.165, 1.54) is 18.3 Å². The molecular weight excluding hydrogens is 266 g/mol. The maximum atomic E-state index is 12.3. The van der Waals surface area contributed by atoms with E-state index in [0.29, 0.717) is 6.42 Å². The first-order valence-corrected chi connectivity index (χ1v) is 7.50. The summed E-state index contributed by atoms with van der Waals surface area (Å²) >= 11 is 0. The Morgan fingerprint density at radius 2 is 2.11 bits per heavy atom. The molecule has 4 N–H and O–H groups in total. The SMILES string of the molecule is CC(C)(C)C(CCO)NS(=O)(=O)c1cccnc1N. The first-order chi connectivity index (χ1) is 8.68. The average Bonchev–Trinajstić information content (AvgIpc) is 2.27. The number of hydrogen-bond acceptors (Lipinski definition) is 5. The van der Waals surface area contributed by atoms with Crippen LogP contribution in [0.3, 0.4) is 0 Å². The topological polar surface area (TPSA) is 105 Å². The highest BCUT2D eigenvalue weighted by Gasteiger charge is 2.30. The summed E-state index contributed by atoms with van der Waals surface area (Å²) in [6, 6.07) is 2.54. The van der Waals surface area contributed by atoms with Crippen molar-refractivity contribution >= 4 is 15.8 Å². The number of sulfonamides is 1. The Labute approximate surface area is 114 Å². The van der Waals surface area contributed by atoms with E-state index in [0.717, 1.165) is 0 Å². The van der Waals surface area contributed by atoms with Gasteiger partial charge in [0.1, 0.15) is 10.7 Å². The van der Waals surface area contributed by atoms with Gasteiger partial charge in [-0.05, 0) is 24.0 Å². The van der Waals surface area contributed by atoms with E-state index in [1.54, 1.807) is 0 Å². The molecule has 1 atom stereocenters. The Morgan fingerprint density at radius 3 is 2.58 bits per heavy atom. The Kier molecular flexibility index (Phi) is 4.89. The highest BCUT2D eigenvalue weighted by Crippen LogP contribution is 2.24. The minimum absolute atomic E-state index is 0.0355. The van der Waals surface area contributed by atoms with E-state index in [9.17, 15) is 8.42 Å². The van der Waals surface area contributed by atoms with Crippen LogP contribution >= 0.6 is 0 Å². The molecule has 0 aromatic carbocycles. The summed E-state index contributed by atoms with van der Waals surface area (Å²) in [6.45, 7) is 5.63. The van der Waals surface area contributed by atoms with Crippen LogP contribution in [0.1, 0.15) is 27.2 Å². The van der Waals surface area contributed by atoms with E-state index >= 15 is 0 Å². The van der Waals surface area contributed by atoms with Gasteiger partial charge in [-0.25, -0.2) is 18.1 Å². The lowest BCUT2D eigenvalue weighted by Gasteiger charge is -2.30. The third-order valence-corrected chi connectivity index (χ3v) is 4.37. The Morgan fingerprint density at radius 1 is 1.47 bits per heavy atom. The lowest BCUT2D eigenvalue weighted by molar-refractivity contribution is 0.214. The number of rotatable bonds is 5. The quantitative estimate of drug-likeness (QED) is 0.740. The minimum Gasteiger partial charge on any atom is -0.396 e. The third-order valence-electron chi connectivity index (χ3n) is 2.85. The van der Waals surface area contributed by atoms with Crippen molar-refractivity contribution in [2.75, 3.05) is 12.3 Å². The number of pyridine rings is 1. The first kappa shape index (κ1) is 15.9. The number of hydrogen-bond donors (Lipinski definition) is 3. The van der Waals surface area contributed by atoms with Gasteiger partial charge >= 0.3 is 0 Å².